The van der Waals surface area contributed by atoms with Gasteiger partial charge in [-0.3, -0.25) is 0 Å². The minimum atomic E-state index is -4.67. The van der Waals surface area contributed by atoms with E-state index in [0.717, 1.165) is 19.2 Å². The largest absolute Gasteiger partial charge is 0.468 e. The predicted molar refractivity (Wildman–Crippen MR) is 147 cm³/mol. The third kappa shape index (κ3) is 4.72. The first-order valence-electron chi connectivity index (χ1n) is 13.1. The van der Waals surface area contributed by atoms with E-state index in [1.807, 2.05) is 6.26 Å². The molecule has 1 saturated carbocycles. The van der Waals surface area contributed by atoms with E-state index < -0.39 is 17.6 Å². The normalized spacial score (nSPS) is 19.1. The molecular formula is C29H28F4N4O2S. The summed E-state index contributed by atoms with van der Waals surface area (Å²) in [6, 6.07) is 6.71. The van der Waals surface area contributed by atoms with Crippen LogP contribution in [0.4, 0.5) is 23.4 Å². The highest BCUT2D eigenvalue weighted by molar-refractivity contribution is 7.98. The maximum Gasteiger partial charge on any atom is 0.417 e. The lowest BCUT2D eigenvalue weighted by Gasteiger charge is -2.33. The highest BCUT2D eigenvalue weighted by atomic mass is 32.2. The van der Waals surface area contributed by atoms with Crippen LogP contribution in [0.25, 0.3) is 32.9 Å². The molecule has 2 bridgehead atoms. The molecule has 2 unspecified atom stereocenters. The highest BCUT2D eigenvalue weighted by Crippen LogP contribution is 2.44. The van der Waals surface area contributed by atoms with Gasteiger partial charge in [-0.2, -0.15) is 13.2 Å². The van der Waals surface area contributed by atoms with Crippen molar-refractivity contribution >= 4 is 39.3 Å². The number of thioether (sulfide) groups is 1. The Bertz CT molecular complexity index is 1600. The minimum Gasteiger partial charge on any atom is -0.468 e. The maximum absolute atomic E-state index is 16.6. The molecule has 0 N–H and O–H groups in total. The molecule has 2 aromatic carbocycles. The van der Waals surface area contributed by atoms with Crippen LogP contribution >= 0.6 is 11.8 Å². The molecule has 1 aliphatic heterocycles. The summed E-state index contributed by atoms with van der Waals surface area (Å²) in [5.41, 5.74) is -0.622. The van der Waals surface area contributed by atoms with Gasteiger partial charge in [0.15, 0.2) is 17.8 Å². The molecule has 0 radical (unpaired) electrons. The van der Waals surface area contributed by atoms with E-state index in [2.05, 4.69) is 14.9 Å². The van der Waals surface area contributed by atoms with E-state index in [1.165, 1.54) is 62.4 Å². The molecule has 210 valence electrons. The number of aryl methyl sites for hydroxylation is 1. The molecule has 6 rings (SSSR count). The summed E-state index contributed by atoms with van der Waals surface area (Å²) < 4.78 is 69.7. The molecule has 11 heteroatoms. The zero-order chi connectivity index (χ0) is 28.2. The van der Waals surface area contributed by atoms with Gasteiger partial charge in [-0.15, -0.1) is 0 Å². The summed E-state index contributed by atoms with van der Waals surface area (Å²) in [5.74, 6) is 1.22. The van der Waals surface area contributed by atoms with Crippen molar-refractivity contribution in [3.05, 3.63) is 47.4 Å². The average molecular weight is 573 g/mol. The number of piperidine rings is 1. The van der Waals surface area contributed by atoms with E-state index in [4.69, 9.17) is 14.5 Å². The second-order valence-corrected chi connectivity index (χ2v) is 11.3. The summed E-state index contributed by atoms with van der Waals surface area (Å²) in [4.78, 5) is 16.1. The van der Waals surface area contributed by atoms with E-state index in [0.29, 0.717) is 33.9 Å². The summed E-state index contributed by atoms with van der Waals surface area (Å²) in [6.07, 6.45) is 0.690. The monoisotopic (exact) mass is 572 g/mol. The van der Waals surface area contributed by atoms with Crippen LogP contribution < -0.4 is 9.64 Å². The number of aromatic nitrogens is 3. The number of hydrogen-bond acceptors (Lipinski definition) is 7. The second kappa shape index (κ2) is 10.3. The van der Waals surface area contributed by atoms with Crippen molar-refractivity contribution in [2.24, 2.45) is 11.8 Å². The standard InChI is InChI=1S/C29H28F4N4O2S/c1-15-22-26(35-28(40-3)36-27(22)37-12-16-7-8-17(9-16)13-37)24(30)25(34-15)20-11-19(39-14-38-2)10-18-5-4-6-21(23(18)20)29(31,32)33/h4-6,10-11,16-17H,7-9,12-14H2,1-3H3. The molecule has 4 aromatic rings. The third-order valence-electron chi connectivity index (χ3n) is 7.87. The van der Waals surface area contributed by atoms with Crippen LogP contribution in [0.5, 0.6) is 5.75 Å². The molecular weight excluding hydrogens is 544 g/mol. The Morgan fingerprint density at radius 2 is 1.80 bits per heavy atom. The molecule has 2 fully saturated rings. The van der Waals surface area contributed by atoms with Crippen molar-refractivity contribution in [1.29, 1.82) is 0 Å². The number of anilines is 1. The second-order valence-electron chi connectivity index (χ2n) is 10.5. The molecule has 0 amide bonds. The van der Waals surface area contributed by atoms with Crippen LogP contribution in [-0.4, -0.2) is 48.2 Å². The topological polar surface area (TPSA) is 60.4 Å². The zero-order valence-corrected chi connectivity index (χ0v) is 23.1. The molecule has 1 saturated heterocycles. The first kappa shape index (κ1) is 27.0. The number of pyridine rings is 1. The number of nitrogens with zero attached hydrogens (tertiary/aromatic N) is 4. The first-order valence-corrected chi connectivity index (χ1v) is 14.3. The predicted octanol–water partition coefficient (Wildman–Crippen LogP) is 7.25. The van der Waals surface area contributed by atoms with E-state index in [9.17, 15) is 13.2 Å². The zero-order valence-electron chi connectivity index (χ0n) is 22.3. The quantitative estimate of drug-likeness (QED) is 0.104. The van der Waals surface area contributed by atoms with Crippen LogP contribution in [0.15, 0.2) is 35.5 Å². The number of hydrogen-bond donors (Lipinski definition) is 0. The van der Waals surface area contributed by atoms with E-state index in [1.54, 1.807) is 6.92 Å². The molecule has 40 heavy (non-hydrogen) atoms. The van der Waals surface area contributed by atoms with Gasteiger partial charge in [0, 0.05) is 31.1 Å². The Kier molecular flexibility index (Phi) is 6.98. The molecule has 0 spiro atoms. The van der Waals surface area contributed by atoms with Crippen molar-refractivity contribution in [3.8, 4) is 17.0 Å². The molecule has 3 heterocycles. The van der Waals surface area contributed by atoms with Gasteiger partial charge in [-0.25, -0.2) is 19.3 Å². The number of ether oxygens (including phenoxy) is 2. The van der Waals surface area contributed by atoms with Crippen LogP contribution in [0.1, 0.15) is 30.5 Å². The van der Waals surface area contributed by atoms with Crippen LogP contribution in [0.2, 0.25) is 0 Å². The lowest BCUT2D eigenvalue weighted by molar-refractivity contribution is -0.136. The maximum atomic E-state index is 16.6. The number of fused-ring (bicyclic) bond motifs is 4. The van der Waals surface area contributed by atoms with Gasteiger partial charge in [-0.05, 0) is 67.9 Å². The number of alkyl halides is 3. The van der Waals surface area contributed by atoms with Gasteiger partial charge in [0.1, 0.15) is 22.8 Å². The Morgan fingerprint density at radius 3 is 2.48 bits per heavy atom. The van der Waals surface area contributed by atoms with Crippen LogP contribution in [0.3, 0.4) is 0 Å². The van der Waals surface area contributed by atoms with Crippen LogP contribution in [0, 0.1) is 24.6 Å². The first-order chi connectivity index (χ1) is 19.2. The van der Waals surface area contributed by atoms with Gasteiger partial charge in [0.25, 0.3) is 0 Å². The summed E-state index contributed by atoms with van der Waals surface area (Å²) in [5, 5.41) is 0.979. The van der Waals surface area contributed by atoms with Crippen molar-refractivity contribution in [1.82, 2.24) is 15.0 Å². The lowest BCUT2D eigenvalue weighted by Crippen LogP contribution is -2.37. The average Bonchev–Trinajstić information content (AvgIpc) is 3.28. The van der Waals surface area contributed by atoms with Gasteiger partial charge in [0.2, 0.25) is 0 Å². The van der Waals surface area contributed by atoms with Gasteiger partial charge >= 0.3 is 6.18 Å². The van der Waals surface area contributed by atoms with E-state index >= 15 is 4.39 Å². The lowest BCUT2D eigenvalue weighted by atomic mass is 9.95. The van der Waals surface area contributed by atoms with Crippen molar-refractivity contribution in [2.75, 3.05) is 38.1 Å². The SMILES string of the molecule is COCOc1cc(-c2nc(C)c3c(N4CC5CCC(C5)C4)nc(SC)nc3c2F)c2c(C(F)(F)F)cccc2c1. The fraction of sp³-hybridized carbons (Fsp3) is 0.414. The van der Waals surface area contributed by atoms with E-state index in [-0.39, 0.29) is 40.1 Å². The van der Waals surface area contributed by atoms with Gasteiger partial charge in [-0.1, -0.05) is 23.9 Å². The fourth-order valence-electron chi connectivity index (χ4n) is 6.22. The minimum absolute atomic E-state index is 0.0269. The number of benzene rings is 2. The summed E-state index contributed by atoms with van der Waals surface area (Å²) in [6.45, 7) is 3.27. The molecule has 2 aromatic heterocycles. The van der Waals surface area contributed by atoms with Crippen molar-refractivity contribution in [3.63, 3.8) is 0 Å². The molecule has 2 aliphatic rings. The molecule has 2 atom stereocenters. The number of methoxy groups -OCH3 is 1. The Labute approximate surface area is 233 Å². The molecule has 1 aliphatic carbocycles. The highest BCUT2D eigenvalue weighted by Gasteiger charge is 2.36. The summed E-state index contributed by atoms with van der Waals surface area (Å²) in [7, 11) is 1.44. The Hall–Kier alpha value is -3.18. The summed E-state index contributed by atoms with van der Waals surface area (Å²) >= 11 is 1.30. The third-order valence-corrected chi connectivity index (χ3v) is 8.42. The number of halogens is 4. The molecule has 6 nitrogen and oxygen atoms in total. The van der Waals surface area contributed by atoms with Crippen molar-refractivity contribution < 1.29 is 27.0 Å². The number of rotatable bonds is 6. The van der Waals surface area contributed by atoms with Gasteiger partial charge in [0.05, 0.1) is 16.6 Å². The smallest absolute Gasteiger partial charge is 0.417 e. The fourth-order valence-corrected chi connectivity index (χ4v) is 6.58. The van der Waals surface area contributed by atoms with Crippen LogP contribution in [-0.2, 0) is 10.9 Å². The van der Waals surface area contributed by atoms with Gasteiger partial charge < -0.3 is 14.4 Å². The Morgan fingerprint density at radius 1 is 1.05 bits per heavy atom. The Balaban J connectivity index is 1.62. The van der Waals surface area contributed by atoms with Crippen molar-refractivity contribution in [2.45, 2.75) is 37.5 Å².